The molecule has 0 radical (unpaired) electrons. The van der Waals surface area contributed by atoms with Crippen molar-refractivity contribution in [2.45, 2.75) is 27.7 Å². The summed E-state index contributed by atoms with van der Waals surface area (Å²) in [5, 5.41) is 0. The van der Waals surface area contributed by atoms with Crippen molar-refractivity contribution in [2.75, 3.05) is 45.8 Å². The maximum absolute atomic E-state index is 2.37. The molecule has 0 aromatic heterocycles. The fourth-order valence-corrected chi connectivity index (χ4v) is 5.60. The third kappa shape index (κ3) is 6.28. The van der Waals surface area contributed by atoms with Crippen molar-refractivity contribution in [3.63, 3.8) is 0 Å². The van der Waals surface area contributed by atoms with Gasteiger partial charge in [0.05, 0.1) is 0 Å². The number of hydrogen-bond donors (Lipinski definition) is 0. The first kappa shape index (κ1) is 28.8. The van der Waals surface area contributed by atoms with Gasteiger partial charge < -0.3 is 19.6 Å². The first-order chi connectivity index (χ1) is 20.7. The highest BCUT2D eigenvalue weighted by Gasteiger charge is 2.16. The molecule has 5 aromatic rings. The van der Waals surface area contributed by atoms with Gasteiger partial charge in [-0.1, -0.05) is 36.4 Å². The monoisotopic (exact) mass is 554 g/mol. The van der Waals surface area contributed by atoms with Gasteiger partial charge in [0.2, 0.25) is 0 Å². The zero-order valence-electron chi connectivity index (χ0n) is 25.3. The maximum atomic E-state index is 2.37. The first-order valence-corrected chi connectivity index (χ1v) is 15.2. The molecule has 5 rings (SSSR count). The Morgan fingerprint density at radius 1 is 0.286 bits per heavy atom. The molecule has 4 nitrogen and oxygen atoms in total. The molecule has 0 atom stereocenters. The van der Waals surface area contributed by atoms with Crippen LogP contribution in [-0.4, -0.2) is 26.2 Å². The van der Waals surface area contributed by atoms with E-state index in [9.17, 15) is 0 Å². The van der Waals surface area contributed by atoms with E-state index in [0.717, 1.165) is 60.3 Å². The van der Waals surface area contributed by atoms with Gasteiger partial charge in [-0.25, -0.2) is 0 Å². The normalized spacial score (nSPS) is 10.8. The smallest absolute Gasteiger partial charge is 0.0463 e. The summed E-state index contributed by atoms with van der Waals surface area (Å²) in [4.78, 5) is 9.39. The van der Waals surface area contributed by atoms with Crippen LogP contribution in [0.3, 0.4) is 0 Å². The number of hydrogen-bond acceptors (Lipinski definition) is 4. The van der Waals surface area contributed by atoms with Gasteiger partial charge in [-0.05, 0) is 125 Å². The molecule has 0 aliphatic heterocycles. The highest BCUT2D eigenvalue weighted by Crippen LogP contribution is 2.39. The summed E-state index contributed by atoms with van der Waals surface area (Å²) in [7, 11) is 0. The van der Waals surface area contributed by atoms with Gasteiger partial charge in [0.1, 0.15) is 0 Å². The topological polar surface area (TPSA) is 13.0 Å². The summed E-state index contributed by atoms with van der Waals surface area (Å²) in [5.74, 6) is 0. The van der Waals surface area contributed by atoms with Crippen molar-refractivity contribution >= 4 is 45.5 Å². The second kappa shape index (κ2) is 13.8. The Bertz CT molecular complexity index is 1370. The molecule has 0 N–H and O–H groups in total. The number of nitrogens with zero attached hydrogens (tertiary/aromatic N) is 4. The lowest BCUT2D eigenvalue weighted by molar-refractivity contribution is 0.866. The van der Waals surface area contributed by atoms with Crippen LogP contribution in [0.15, 0.2) is 133 Å². The molecule has 42 heavy (non-hydrogen) atoms. The summed E-state index contributed by atoms with van der Waals surface area (Å²) in [6.45, 7) is 12.8. The van der Waals surface area contributed by atoms with Gasteiger partial charge >= 0.3 is 0 Å². The molecule has 0 spiro atoms. The van der Waals surface area contributed by atoms with Gasteiger partial charge in [-0.2, -0.15) is 0 Å². The van der Waals surface area contributed by atoms with E-state index in [2.05, 4.69) is 181 Å². The van der Waals surface area contributed by atoms with Crippen LogP contribution in [0.25, 0.3) is 0 Å². The Labute approximate surface area is 252 Å². The summed E-state index contributed by atoms with van der Waals surface area (Å²) in [6, 6.07) is 47.9. The Balaban J connectivity index is 1.52. The molecule has 5 aromatic carbocycles. The third-order valence-corrected chi connectivity index (χ3v) is 7.87. The molecule has 0 saturated carbocycles. The van der Waals surface area contributed by atoms with Gasteiger partial charge in [0.15, 0.2) is 0 Å². The maximum Gasteiger partial charge on any atom is 0.0463 e. The average molecular weight is 555 g/mol. The van der Waals surface area contributed by atoms with Crippen molar-refractivity contribution in [3.05, 3.63) is 133 Å². The lowest BCUT2D eigenvalue weighted by Gasteiger charge is -2.29. The number of para-hydroxylation sites is 2. The SMILES string of the molecule is CCN(CC)c1ccc(N(c2ccccc2)c2ccc(N(c3ccccc3)c3ccc(N(CC)CC)cc3)cc2)cc1. The van der Waals surface area contributed by atoms with E-state index >= 15 is 0 Å². The van der Waals surface area contributed by atoms with Crippen LogP contribution < -0.4 is 19.6 Å². The molecule has 214 valence electrons. The fourth-order valence-electron chi connectivity index (χ4n) is 5.60. The number of rotatable bonds is 12. The van der Waals surface area contributed by atoms with Gasteiger partial charge in [0.25, 0.3) is 0 Å². The van der Waals surface area contributed by atoms with Crippen molar-refractivity contribution in [1.29, 1.82) is 0 Å². The van der Waals surface area contributed by atoms with Crippen LogP contribution in [0.1, 0.15) is 27.7 Å². The summed E-state index contributed by atoms with van der Waals surface area (Å²) < 4.78 is 0. The first-order valence-electron chi connectivity index (χ1n) is 15.2. The molecule has 0 aliphatic carbocycles. The predicted octanol–water partition coefficient (Wildman–Crippen LogP) is 10.3. The van der Waals surface area contributed by atoms with Crippen molar-refractivity contribution in [2.24, 2.45) is 0 Å². The van der Waals surface area contributed by atoms with Crippen molar-refractivity contribution < 1.29 is 0 Å². The summed E-state index contributed by atoms with van der Waals surface area (Å²) >= 11 is 0. The minimum atomic E-state index is 0.996. The van der Waals surface area contributed by atoms with Crippen LogP contribution in [0, 0.1) is 0 Å². The quantitative estimate of drug-likeness (QED) is 0.152. The predicted molar refractivity (Wildman–Crippen MR) is 183 cm³/mol. The minimum absolute atomic E-state index is 0.996. The Hall–Kier alpha value is -4.70. The fraction of sp³-hybridized carbons (Fsp3) is 0.211. The van der Waals surface area contributed by atoms with E-state index in [1.807, 2.05) is 0 Å². The largest absolute Gasteiger partial charge is 0.372 e. The molecule has 0 aliphatic rings. The minimum Gasteiger partial charge on any atom is -0.372 e. The van der Waals surface area contributed by atoms with Crippen LogP contribution in [0.2, 0.25) is 0 Å². The zero-order chi connectivity index (χ0) is 29.3. The molecule has 0 fully saturated rings. The standard InChI is InChI=1S/C38H42N4/c1-5-39(6-2)31-19-23-35(24-20-31)41(33-15-11-9-12-16-33)37-27-29-38(30-28-37)42(34-17-13-10-14-18-34)36-25-21-32(22-26-36)40(7-3)8-4/h9-30H,5-8H2,1-4H3. The summed E-state index contributed by atoms with van der Waals surface area (Å²) in [5.41, 5.74) is 9.26. The van der Waals surface area contributed by atoms with Crippen LogP contribution in [0.5, 0.6) is 0 Å². The highest BCUT2D eigenvalue weighted by atomic mass is 15.2. The van der Waals surface area contributed by atoms with Gasteiger partial charge in [0, 0.05) is 71.7 Å². The molecule has 0 heterocycles. The summed E-state index contributed by atoms with van der Waals surface area (Å²) in [6.07, 6.45) is 0. The molecular weight excluding hydrogens is 512 g/mol. The lowest BCUT2D eigenvalue weighted by Crippen LogP contribution is -2.21. The van der Waals surface area contributed by atoms with E-state index in [4.69, 9.17) is 0 Å². The molecule has 0 bridgehead atoms. The molecule has 0 saturated heterocycles. The lowest BCUT2D eigenvalue weighted by atomic mass is 10.1. The third-order valence-electron chi connectivity index (χ3n) is 7.87. The van der Waals surface area contributed by atoms with E-state index in [-0.39, 0.29) is 0 Å². The molecule has 4 heteroatoms. The average Bonchev–Trinajstić information content (AvgIpc) is 3.06. The van der Waals surface area contributed by atoms with Crippen molar-refractivity contribution in [1.82, 2.24) is 0 Å². The van der Waals surface area contributed by atoms with E-state index in [1.165, 1.54) is 11.4 Å². The second-order valence-electron chi connectivity index (χ2n) is 10.2. The number of benzene rings is 5. The van der Waals surface area contributed by atoms with Crippen LogP contribution >= 0.6 is 0 Å². The van der Waals surface area contributed by atoms with Gasteiger partial charge in [-0.15, -0.1) is 0 Å². The van der Waals surface area contributed by atoms with Crippen molar-refractivity contribution in [3.8, 4) is 0 Å². The van der Waals surface area contributed by atoms with Crippen LogP contribution in [-0.2, 0) is 0 Å². The Morgan fingerprint density at radius 3 is 0.738 bits per heavy atom. The Kier molecular flexibility index (Phi) is 9.45. The van der Waals surface area contributed by atoms with Crippen LogP contribution in [0.4, 0.5) is 45.5 Å². The van der Waals surface area contributed by atoms with E-state index in [1.54, 1.807) is 0 Å². The molecule has 0 amide bonds. The zero-order valence-corrected chi connectivity index (χ0v) is 25.3. The van der Waals surface area contributed by atoms with E-state index in [0.29, 0.717) is 0 Å². The molecular formula is C38H42N4. The molecule has 0 unspecified atom stereocenters. The van der Waals surface area contributed by atoms with E-state index < -0.39 is 0 Å². The Morgan fingerprint density at radius 2 is 0.500 bits per heavy atom. The number of anilines is 8. The second-order valence-corrected chi connectivity index (χ2v) is 10.2. The highest BCUT2D eigenvalue weighted by molar-refractivity contribution is 5.81. The van der Waals surface area contributed by atoms with Gasteiger partial charge in [-0.3, -0.25) is 0 Å².